The molecule has 3 N–H and O–H groups in total. The van der Waals surface area contributed by atoms with Crippen molar-refractivity contribution in [3.8, 4) is 17.1 Å². The van der Waals surface area contributed by atoms with Crippen LogP contribution in [0, 0.1) is 0 Å². The van der Waals surface area contributed by atoms with E-state index < -0.39 is 35.4 Å². The van der Waals surface area contributed by atoms with E-state index in [0.717, 1.165) is 18.6 Å². The fraction of sp³-hybridized carbons (Fsp3) is 0.360. The number of imidazole rings is 1. The number of pyridine rings is 1. The monoisotopic (exact) mass is 517 g/mol. The van der Waals surface area contributed by atoms with Crippen molar-refractivity contribution in [1.29, 1.82) is 0 Å². The summed E-state index contributed by atoms with van der Waals surface area (Å²) >= 11 is 0. The number of aromatic nitrogens is 3. The molecular weight excluding hydrogens is 491 g/mol. The van der Waals surface area contributed by atoms with Gasteiger partial charge in [-0.3, -0.25) is 14.2 Å². The Labute approximate surface area is 210 Å². The number of carbonyl (C=O) groups is 2. The van der Waals surface area contributed by atoms with E-state index >= 15 is 0 Å². The fourth-order valence-electron chi connectivity index (χ4n) is 4.14. The number of rotatable bonds is 9. The number of carbonyl (C=O) groups excluding carboxylic acids is 2. The number of amides is 2. The molecule has 1 unspecified atom stereocenters. The predicted octanol–water partition coefficient (Wildman–Crippen LogP) is 3.47. The summed E-state index contributed by atoms with van der Waals surface area (Å²) in [7, 11) is 0. The molecule has 12 heteroatoms. The molecule has 9 nitrogen and oxygen atoms in total. The normalized spacial score (nSPS) is 15.9. The van der Waals surface area contributed by atoms with Crippen molar-refractivity contribution >= 4 is 11.8 Å². The Kier molecular flexibility index (Phi) is 7.60. The highest BCUT2D eigenvalue weighted by molar-refractivity contribution is 5.98. The van der Waals surface area contributed by atoms with E-state index in [4.69, 9.17) is 15.2 Å². The molecule has 0 spiro atoms. The minimum Gasteiger partial charge on any atom is -0.365 e. The van der Waals surface area contributed by atoms with Crippen molar-refractivity contribution in [1.82, 2.24) is 19.9 Å². The lowest BCUT2D eigenvalue weighted by Crippen LogP contribution is -2.60. The van der Waals surface area contributed by atoms with E-state index in [-0.39, 0.29) is 24.6 Å². The first kappa shape index (κ1) is 26.3. The number of benzene rings is 1. The first-order chi connectivity index (χ1) is 17.7. The number of ether oxygens (including phenoxy) is 2. The van der Waals surface area contributed by atoms with E-state index in [2.05, 4.69) is 15.3 Å². The zero-order chi connectivity index (χ0) is 26.6. The Morgan fingerprint density at radius 2 is 1.86 bits per heavy atom. The number of unbranched alkanes of at least 4 members (excludes halogenated alkanes) is 1. The van der Waals surface area contributed by atoms with Gasteiger partial charge < -0.3 is 20.5 Å². The Hall–Kier alpha value is -3.77. The predicted molar refractivity (Wildman–Crippen MR) is 126 cm³/mol. The second-order valence-corrected chi connectivity index (χ2v) is 8.51. The van der Waals surface area contributed by atoms with Crippen LogP contribution in [0.25, 0.3) is 17.1 Å². The van der Waals surface area contributed by atoms with Gasteiger partial charge in [-0.1, -0.05) is 31.9 Å². The molecule has 196 valence electrons. The molecule has 1 aliphatic heterocycles. The van der Waals surface area contributed by atoms with E-state index in [0.29, 0.717) is 24.1 Å². The average Bonchev–Trinajstić information content (AvgIpc) is 3.57. The summed E-state index contributed by atoms with van der Waals surface area (Å²) in [5.74, 6) is -2.89. The van der Waals surface area contributed by atoms with E-state index in [1.54, 1.807) is 18.3 Å². The fourth-order valence-corrected chi connectivity index (χ4v) is 4.14. The minimum absolute atomic E-state index is 0.168. The molecule has 1 fully saturated rings. The summed E-state index contributed by atoms with van der Waals surface area (Å²) in [6.45, 7) is 2.31. The molecule has 0 saturated carbocycles. The van der Waals surface area contributed by atoms with E-state index in [1.165, 1.54) is 29.2 Å². The molecule has 1 saturated heterocycles. The highest BCUT2D eigenvalue weighted by Gasteiger charge is 2.50. The smallest absolute Gasteiger partial charge is 0.365 e. The number of alkyl halides is 3. The van der Waals surface area contributed by atoms with Gasteiger partial charge in [0.1, 0.15) is 6.33 Å². The second kappa shape index (κ2) is 10.7. The summed E-state index contributed by atoms with van der Waals surface area (Å²) in [6, 6.07) is 6.91. The summed E-state index contributed by atoms with van der Waals surface area (Å²) in [4.78, 5) is 34.2. The standard InChI is InChI=1S/C25H26F3N5O4/c1-2-3-6-20(24(23(29)35)36-12-13-37-24)32-22(34)18-5-4-11-30-21(18)33-14-19(31-15-33)16-7-9-17(10-8-16)25(26,27)28/h4-5,7-11,14-15,20H,2-3,6,12-13H2,1H3,(H2,29,35)(H,32,34). The summed E-state index contributed by atoms with van der Waals surface area (Å²) < 4.78 is 51.3. The Morgan fingerprint density at radius 1 is 1.16 bits per heavy atom. The van der Waals surface area contributed by atoms with Crippen molar-refractivity contribution in [3.63, 3.8) is 0 Å². The van der Waals surface area contributed by atoms with Gasteiger partial charge in [0.25, 0.3) is 17.6 Å². The zero-order valence-electron chi connectivity index (χ0n) is 20.0. The van der Waals surface area contributed by atoms with E-state index in [1.807, 2.05) is 6.92 Å². The Bertz CT molecular complexity index is 1250. The largest absolute Gasteiger partial charge is 0.416 e. The molecule has 1 aliphatic rings. The maximum Gasteiger partial charge on any atom is 0.416 e. The van der Waals surface area contributed by atoms with Crippen LogP contribution in [0.2, 0.25) is 0 Å². The minimum atomic E-state index is -4.44. The van der Waals surface area contributed by atoms with Crippen LogP contribution in [0.5, 0.6) is 0 Å². The lowest BCUT2D eigenvalue weighted by atomic mass is 9.99. The Morgan fingerprint density at radius 3 is 2.49 bits per heavy atom. The number of nitrogens with one attached hydrogen (secondary N) is 1. The molecule has 0 aliphatic carbocycles. The number of halogens is 3. The molecule has 1 atom stereocenters. The molecule has 3 heterocycles. The molecule has 2 amide bonds. The number of nitrogens with zero attached hydrogens (tertiary/aromatic N) is 3. The van der Waals surface area contributed by atoms with Gasteiger partial charge in [-0.15, -0.1) is 0 Å². The van der Waals surface area contributed by atoms with Crippen molar-refractivity contribution in [2.45, 2.75) is 44.2 Å². The van der Waals surface area contributed by atoms with Gasteiger partial charge in [-0.25, -0.2) is 9.97 Å². The highest BCUT2D eigenvalue weighted by Crippen LogP contribution is 2.31. The van der Waals surface area contributed by atoms with E-state index in [9.17, 15) is 22.8 Å². The van der Waals surface area contributed by atoms with Crippen LogP contribution in [0.3, 0.4) is 0 Å². The van der Waals surface area contributed by atoms with Crippen LogP contribution in [0.15, 0.2) is 55.1 Å². The average molecular weight is 518 g/mol. The SMILES string of the molecule is CCCCC(NC(=O)c1cccnc1-n1cnc(-c2ccc(C(F)(F)F)cc2)c1)C1(C(N)=O)OCCO1. The van der Waals surface area contributed by atoms with Crippen molar-refractivity contribution in [3.05, 3.63) is 66.2 Å². The first-order valence-electron chi connectivity index (χ1n) is 11.7. The van der Waals surface area contributed by atoms with Crippen LogP contribution in [0.1, 0.15) is 42.1 Å². The number of hydrogen-bond acceptors (Lipinski definition) is 6. The third kappa shape index (κ3) is 5.49. The summed E-state index contributed by atoms with van der Waals surface area (Å²) in [6.07, 6.45) is 1.91. The third-order valence-corrected chi connectivity index (χ3v) is 6.04. The Balaban J connectivity index is 1.60. The zero-order valence-corrected chi connectivity index (χ0v) is 20.0. The highest BCUT2D eigenvalue weighted by atomic mass is 19.4. The molecule has 37 heavy (non-hydrogen) atoms. The third-order valence-electron chi connectivity index (χ3n) is 6.04. The van der Waals surface area contributed by atoms with Gasteiger partial charge >= 0.3 is 6.18 Å². The molecule has 0 radical (unpaired) electrons. The molecule has 4 rings (SSSR count). The molecule has 3 aromatic rings. The number of primary amides is 1. The van der Waals surface area contributed by atoms with Crippen molar-refractivity contribution in [2.24, 2.45) is 5.73 Å². The first-order valence-corrected chi connectivity index (χ1v) is 11.7. The number of hydrogen-bond donors (Lipinski definition) is 2. The van der Waals surface area contributed by atoms with Gasteiger partial charge in [-0.05, 0) is 30.7 Å². The molecule has 2 aromatic heterocycles. The maximum absolute atomic E-state index is 13.4. The van der Waals surface area contributed by atoms with Gasteiger partial charge in [0.05, 0.1) is 36.1 Å². The topological polar surface area (TPSA) is 121 Å². The van der Waals surface area contributed by atoms with Crippen LogP contribution < -0.4 is 11.1 Å². The van der Waals surface area contributed by atoms with Crippen molar-refractivity contribution < 1.29 is 32.2 Å². The van der Waals surface area contributed by atoms with Gasteiger partial charge in [0.15, 0.2) is 5.82 Å². The second-order valence-electron chi connectivity index (χ2n) is 8.51. The van der Waals surface area contributed by atoms with Crippen LogP contribution in [0.4, 0.5) is 13.2 Å². The molecular formula is C25H26F3N5O4. The van der Waals surface area contributed by atoms with Crippen LogP contribution in [-0.4, -0.2) is 51.4 Å². The lowest BCUT2D eigenvalue weighted by Gasteiger charge is -2.33. The van der Waals surface area contributed by atoms with Gasteiger partial charge in [0, 0.05) is 18.0 Å². The molecule has 1 aromatic carbocycles. The van der Waals surface area contributed by atoms with Crippen LogP contribution in [-0.2, 0) is 20.4 Å². The lowest BCUT2D eigenvalue weighted by molar-refractivity contribution is -0.190. The number of nitrogens with two attached hydrogens (primary N) is 1. The van der Waals surface area contributed by atoms with Gasteiger partial charge in [0.2, 0.25) is 0 Å². The van der Waals surface area contributed by atoms with Crippen molar-refractivity contribution in [2.75, 3.05) is 13.2 Å². The summed E-state index contributed by atoms with van der Waals surface area (Å²) in [5, 5.41) is 2.83. The quantitative estimate of drug-likeness (QED) is 0.448. The maximum atomic E-state index is 13.4. The molecule has 0 bridgehead atoms. The van der Waals surface area contributed by atoms with Gasteiger partial charge in [-0.2, -0.15) is 13.2 Å². The van der Waals surface area contributed by atoms with Crippen LogP contribution >= 0.6 is 0 Å². The summed E-state index contributed by atoms with van der Waals surface area (Å²) in [5.41, 5.74) is 5.88.